The summed E-state index contributed by atoms with van der Waals surface area (Å²) >= 11 is 0. The number of aryl methyl sites for hydroxylation is 1. The Morgan fingerprint density at radius 1 is 1.08 bits per heavy atom. The van der Waals surface area contributed by atoms with E-state index < -0.39 is 0 Å². The Hall–Kier alpha value is -1.31. The van der Waals surface area contributed by atoms with E-state index in [4.69, 9.17) is 0 Å². The molecular formula is C22H37NO. The first-order valence-corrected chi connectivity index (χ1v) is 9.68. The van der Waals surface area contributed by atoms with Gasteiger partial charge in [-0.15, -0.1) is 0 Å². The van der Waals surface area contributed by atoms with Crippen LogP contribution in [0.15, 0.2) is 24.3 Å². The van der Waals surface area contributed by atoms with E-state index in [1.807, 2.05) is 0 Å². The van der Waals surface area contributed by atoms with E-state index in [-0.39, 0.29) is 17.2 Å². The third-order valence-corrected chi connectivity index (χ3v) is 5.11. The molecule has 0 radical (unpaired) electrons. The molecule has 0 aromatic heterocycles. The summed E-state index contributed by atoms with van der Waals surface area (Å²) < 4.78 is 0. The largest absolute Gasteiger partial charge is 0.309 e. The molecule has 0 aliphatic heterocycles. The lowest BCUT2D eigenvalue weighted by Crippen LogP contribution is -2.46. The van der Waals surface area contributed by atoms with Crippen LogP contribution in [0.2, 0.25) is 0 Å². The first-order valence-electron chi connectivity index (χ1n) is 9.68. The number of nitrogens with zero attached hydrogens (tertiary/aromatic N) is 1. The van der Waals surface area contributed by atoms with Crippen molar-refractivity contribution in [2.75, 3.05) is 4.90 Å². The first kappa shape index (κ1) is 20.7. The van der Waals surface area contributed by atoms with Gasteiger partial charge in [-0.2, -0.15) is 0 Å². The van der Waals surface area contributed by atoms with Crippen LogP contribution in [0.5, 0.6) is 0 Å². The summed E-state index contributed by atoms with van der Waals surface area (Å²) in [6.07, 6.45) is 5.33. The molecule has 0 fully saturated rings. The summed E-state index contributed by atoms with van der Waals surface area (Å²) in [5.74, 6) is 0.265. The number of rotatable bonds is 8. The van der Waals surface area contributed by atoms with Crippen molar-refractivity contribution in [1.29, 1.82) is 0 Å². The summed E-state index contributed by atoms with van der Waals surface area (Å²) in [5.41, 5.74) is 2.34. The number of amides is 1. The SMILES string of the molecule is CCCC(CCC)N(C(=O)C(C)C(C)(C)C)c1cccc(CC)c1. The van der Waals surface area contributed by atoms with Crippen molar-refractivity contribution in [3.05, 3.63) is 29.8 Å². The molecule has 136 valence electrons. The Balaban J connectivity index is 3.30. The molecule has 1 aromatic carbocycles. The number of hydrogen-bond acceptors (Lipinski definition) is 1. The van der Waals surface area contributed by atoms with Gasteiger partial charge in [0.05, 0.1) is 0 Å². The van der Waals surface area contributed by atoms with Crippen LogP contribution in [0, 0.1) is 11.3 Å². The van der Waals surface area contributed by atoms with Gasteiger partial charge in [0, 0.05) is 17.6 Å². The number of anilines is 1. The topological polar surface area (TPSA) is 20.3 Å². The molecule has 0 saturated heterocycles. The summed E-state index contributed by atoms with van der Waals surface area (Å²) in [6, 6.07) is 8.83. The van der Waals surface area contributed by atoms with E-state index >= 15 is 0 Å². The summed E-state index contributed by atoms with van der Waals surface area (Å²) in [5, 5.41) is 0. The van der Waals surface area contributed by atoms with Crippen LogP contribution in [0.3, 0.4) is 0 Å². The predicted octanol–water partition coefficient (Wildman–Crippen LogP) is 6.23. The minimum Gasteiger partial charge on any atom is -0.309 e. The monoisotopic (exact) mass is 331 g/mol. The Morgan fingerprint density at radius 2 is 1.67 bits per heavy atom. The fraction of sp³-hybridized carbons (Fsp3) is 0.682. The third-order valence-electron chi connectivity index (χ3n) is 5.11. The molecule has 0 aliphatic carbocycles. The third kappa shape index (κ3) is 5.36. The molecule has 2 nitrogen and oxygen atoms in total. The summed E-state index contributed by atoms with van der Waals surface area (Å²) in [7, 11) is 0. The van der Waals surface area contributed by atoms with Gasteiger partial charge in [-0.25, -0.2) is 0 Å². The highest BCUT2D eigenvalue weighted by Crippen LogP contribution is 2.32. The van der Waals surface area contributed by atoms with Gasteiger partial charge in [0.2, 0.25) is 5.91 Å². The van der Waals surface area contributed by atoms with Gasteiger partial charge in [0.25, 0.3) is 0 Å². The molecular weight excluding hydrogens is 294 g/mol. The van der Waals surface area contributed by atoms with Gasteiger partial charge >= 0.3 is 0 Å². The Bertz CT molecular complexity index is 509. The molecule has 0 aliphatic rings. The molecule has 1 aromatic rings. The molecule has 0 spiro atoms. The van der Waals surface area contributed by atoms with Crippen LogP contribution in [-0.2, 0) is 11.2 Å². The van der Waals surface area contributed by atoms with Crippen LogP contribution >= 0.6 is 0 Å². The zero-order valence-electron chi connectivity index (χ0n) is 16.9. The molecule has 2 heteroatoms. The Labute approximate surface area is 149 Å². The molecule has 0 bridgehead atoms. The second-order valence-corrected chi connectivity index (χ2v) is 8.05. The van der Waals surface area contributed by atoms with Crippen molar-refractivity contribution >= 4 is 11.6 Å². The van der Waals surface area contributed by atoms with Gasteiger partial charge in [0.1, 0.15) is 0 Å². The van der Waals surface area contributed by atoms with Gasteiger partial charge in [-0.3, -0.25) is 4.79 Å². The average Bonchev–Trinajstić information content (AvgIpc) is 2.54. The highest BCUT2D eigenvalue weighted by atomic mass is 16.2. The lowest BCUT2D eigenvalue weighted by molar-refractivity contribution is -0.125. The van der Waals surface area contributed by atoms with Gasteiger partial charge in [-0.05, 0) is 42.4 Å². The first-order chi connectivity index (χ1) is 11.3. The Kier molecular flexibility index (Phi) is 7.99. The van der Waals surface area contributed by atoms with Crippen molar-refractivity contribution in [2.24, 2.45) is 11.3 Å². The number of hydrogen-bond donors (Lipinski definition) is 0. The van der Waals surface area contributed by atoms with Crippen LogP contribution in [-0.4, -0.2) is 11.9 Å². The molecule has 1 rings (SSSR count). The molecule has 0 saturated carbocycles. The summed E-state index contributed by atoms with van der Waals surface area (Å²) in [6.45, 7) is 15.1. The highest BCUT2D eigenvalue weighted by molar-refractivity contribution is 5.96. The summed E-state index contributed by atoms with van der Waals surface area (Å²) in [4.78, 5) is 15.5. The second kappa shape index (κ2) is 9.25. The highest BCUT2D eigenvalue weighted by Gasteiger charge is 2.34. The molecule has 0 N–H and O–H groups in total. The minimum atomic E-state index is -0.0271. The normalized spacial score (nSPS) is 13.2. The van der Waals surface area contributed by atoms with E-state index in [0.29, 0.717) is 6.04 Å². The number of benzene rings is 1. The zero-order valence-corrected chi connectivity index (χ0v) is 16.9. The number of carbonyl (C=O) groups is 1. The van der Waals surface area contributed by atoms with Crippen LogP contribution < -0.4 is 4.90 Å². The van der Waals surface area contributed by atoms with Crippen LogP contribution in [0.1, 0.15) is 79.7 Å². The molecule has 1 unspecified atom stereocenters. The van der Waals surface area contributed by atoms with E-state index in [1.165, 1.54) is 5.56 Å². The van der Waals surface area contributed by atoms with Crippen molar-refractivity contribution in [3.63, 3.8) is 0 Å². The van der Waals surface area contributed by atoms with Gasteiger partial charge < -0.3 is 4.90 Å². The fourth-order valence-electron chi connectivity index (χ4n) is 3.09. The maximum atomic E-state index is 13.4. The standard InChI is InChI=1S/C22H37NO/c1-8-12-19(13-9-2)23(21(24)17(4)22(5,6)7)20-15-11-14-18(10-3)16-20/h11,14-17,19H,8-10,12-13H2,1-7H3. The van der Waals surface area contributed by atoms with Crippen molar-refractivity contribution < 1.29 is 4.79 Å². The minimum absolute atomic E-state index is 0.000931. The van der Waals surface area contributed by atoms with Crippen molar-refractivity contribution in [2.45, 2.75) is 86.6 Å². The van der Waals surface area contributed by atoms with E-state index in [9.17, 15) is 4.79 Å². The molecule has 1 amide bonds. The van der Waals surface area contributed by atoms with Crippen LogP contribution in [0.4, 0.5) is 5.69 Å². The molecule has 1 atom stereocenters. The maximum absolute atomic E-state index is 13.4. The van der Waals surface area contributed by atoms with Crippen molar-refractivity contribution in [1.82, 2.24) is 0 Å². The lowest BCUT2D eigenvalue weighted by Gasteiger charge is -2.37. The maximum Gasteiger partial charge on any atom is 0.230 e. The quantitative estimate of drug-likeness (QED) is 0.552. The van der Waals surface area contributed by atoms with E-state index in [2.05, 4.69) is 77.6 Å². The van der Waals surface area contributed by atoms with E-state index in [0.717, 1.165) is 37.8 Å². The van der Waals surface area contributed by atoms with Gasteiger partial charge in [0.15, 0.2) is 0 Å². The average molecular weight is 332 g/mol. The van der Waals surface area contributed by atoms with E-state index in [1.54, 1.807) is 0 Å². The fourth-order valence-corrected chi connectivity index (χ4v) is 3.09. The zero-order chi connectivity index (χ0) is 18.3. The van der Waals surface area contributed by atoms with Crippen LogP contribution in [0.25, 0.3) is 0 Å². The lowest BCUT2D eigenvalue weighted by atomic mass is 9.80. The van der Waals surface area contributed by atoms with Gasteiger partial charge in [-0.1, -0.05) is 73.4 Å². The predicted molar refractivity (Wildman–Crippen MR) is 106 cm³/mol. The Morgan fingerprint density at radius 3 is 2.12 bits per heavy atom. The molecule has 0 heterocycles. The second-order valence-electron chi connectivity index (χ2n) is 8.05. The van der Waals surface area contributed by atoms with Crippen molar-refractivity contribution in [3.8, 4) is 0 Å². The smallest absolute Gasteiger partial charge is 0.230 e. The number of carbonyl (C=O) groups excluding carboxylic acids is 1. The molecule has 24 heavy (non-hydrogen) atoms.